The van der Waals surface area contributed by atoms with Crippen molar-refractivity contribution in [2.75, 3.05) is 25.6 Å². The van der Waals surface area contributed by atoms with E-state index < -0.39 is 0 Å². The third-order valence-electron chi connectivity index (χ3n) is 2.93. The van der Waals surface area contributed by atoms with Gasteiger partial charge in [0.05, 0.1) is 0 Å². The normalized spacial score (nSPS) is 10.2. The van der Waals surface area contributed by atoms with Crippen LogP contribution in [0.1, 0.15) is 22.5 Å². The monoisotopic (exact) mass is 301 g/mol. The van der Waals surface area contributed by atoms with Crippen LogP contribution >= 0.6 is 0 Å². The van der Waals surface area contributed by atoms with Crippen molar-refractivity contribution >= 4 is 11.7 Å². The van der Waals surface area contributed by atoms with E-state index in [2.05, 4.69) is 25.8 Å². The van der Waals surface area contributed by atoms with Crippen molar-refractivity contribution in [2.45, 2.75) is 13.0 Å². The summed E-state index contributed by atoms with van der Waals surface area (Å²) in [6.07, 6.45) is 4.24. The van der Waals surface area contributed by atoms with Crippen LogP contribution in [-0.4, -0.2) is 41.3 Å². The maximum atomic E-state index is 11.8. The summed E-state index contributed by atoms with van der Waals surface area (Å²) < 4.78 is 4.92. The maximum Gasteiger partial charge on any atom is 0.271 e. The minimum Gasteiger partial charge on any atom is -0.385 e. The average Bonchev–Trinajstić information content (AvgIpc) is 2.58. The zero-order chi connectivity index (χ0) is 15.6. The molecule has 0 radical (unpaired) electrons. The molecule has 2 aromatic heterocycles. The molecule has 0 atom stereocenters. The van der Waals surface area contributed by atoms with Crippen molar-refractivity contribution < 1.29 is 9.53 Å². The highest BCUT2D eigenvalue weighted by Gasteiger charge is 2.07. The van der Waals surface area contributed by atoms with Gasteiger partial charge in [0.2, 0.25) is 0 Å². The molecule has 116 valence electrons. The molecular weight excluding hydrogens is 282 g/mol. The number of hydrogen-bond acceptors (Lipinski definition) is 6. The number of methoxy groups -OCH3 is 1. The van der Waals surface area contributed by atoms with Gasteiger partial charge in [-0.15, -0.1) is 10.2 Å². The summed E-state index contributed by atoms with van der Waals surface area (Å²) in [4.78, 5) is 15.8. The maximum absolute atomic E-state index is 11.8. The smallest absolute Gasteiger partial charge is 0.271 e. The summed E-state index contributed by atoms with van der Waals surface area (Å²) in [7, 11) is 1.63. The van der Waals surface area contributed by atoms with Crippen LogP contribution in [0.25, 0.3) is 0 Å². The van der Waals surface area contributed by atoms with Crippen molar-refractivity contribution in [3.05, 3.63) is 47.9 Å². The van der Waals surface area contributed by atoms with Gasteiger partial charge in [-0.3, -0.25) is 9.78 Å². The summed E-state index contributed by atoms with van der Waals surface area (Å²) in [6, 6.07) is 7.22. The van der Waals surface area contributed by atoms with E-state index in [0.29, 0.717) is 31.2 Å². The van der Waals surface area contributed by atoms with Crippen LogP contribution < -0.4 is 10.6 Å². The molecule has 0 unspecified atom stereocenters. The molecule has 2 N–H and O–H groups in total. The van der Waals surface area contributed by atoms with E-state index in [0.717, 1.165) is 12.0 Å². The van der Waals surface area contributed by atoms with Gasteiger partial charge in [0.15, 0.2) is 5.69 Å². The number of aromatic nitrogens is 3. The van der Waals surface area contributed by atoms with Gasteiger partial charge < -0.3 is 15.4 Å². The van der Waals surface area contributed by atoms with Crippen LogP contribution in [0.2, 0.25) is 0 Å². The fourth-order valence-corrected chi connectivity index (χ4v) is 1.75. The summed E-state index contributed by atoms with van der Waals surface area (Å²) >= 11 is 0. The Morgan fingerprint density at radius 2 is 2.00 bits per heavy atom. The second-order valence-electron chi connectivity index (χ2n) is 4.62. The molecule has 2 rings (SSSR count). The number of anilines is 1. The van der Waals surface area contributed by atoms with E-state index in [9.17, 15) is 4.79 Å². The first-order chi connectivity index (χ1) is 10.8. The first-order valence-corrected chi connectivity index (χ1v) is 7.03. The number of ether oxygens (including phenoxy) is 1. The lowest BCUT2D eigenvalue weighted by Crippen LogP contribution is -2.26. The fourth-order valence-electron chi connectivity index (χ4n) is 1.75. The lowest BCUT2D eigenvalue weighted by atomic mass is 10.3. The predicted molar refractivity (Wildman–Crippen MR) is 82.4 cm³/mol. The van der Waals surface area contributed by atoms with Crippen LogP contribution in [0.4, 0.5) is 5.82 Å². The van der Waals surface area contributed by atoms with Crippen molar-refractivity contribution in [1.29, 1.82) is 0 Å². The van der Waals surface area contributed by atoms with Gasteiger partial charge in [-0.05, 0) is 36.2 Å². The number of carbonyl (C=O) groups is 1. The molecule has 22 heavy (non-hydrogen) atoms. The summed E-state index contributed by atoms with van der Waals surface area (Å²) in [5.41, 5.74) is 1.39. The minimum atomic E-state index is -0.232. The lowest BCUT2D eigenvalue weighted by molar-refractivity contribution is 0.0942. The average molecular weight is 301 g/mol. The highest BCUT2D eigenvalue weighted by molar-refractivity contribution is 5.92. The Bertz CT molecular complexity index is 574. The standard InChI is InChI=1S/C15H19N5O2/c1-22-10-2-7-17-15(21)13-3-4-14(20-19-13)18-11-12-5-8-16-9-6-12/h3-6,8-9H,2,7,10-11H2,1H3,(H,17,21)(H,18,20). The molecule has 7 heteroatoms. The van der Waals surface area contributed by atoms with E-state index in [1.54, 1.807) is 31.6 Å². The molecule has 0 aliphatic carbocycles. The van der Waals surface area contributed by atoms with Gasteiger partial charge in [-0.1, -0.05) is 0 Å². The molecule has 2 heterocycles. The summed E-state index contributed by atoms with van der Waals surface area (Å²) in [5, 5.41) is 13.8. The van der Waals surface area contributed by atoms with Crippen molar-refractivity contribution in [3.8, 4) is 0 Å². The van der Waals surface area contributed by atoms with Crippen LogP contribution in [-0.2, 0) is 11.3 Å². The van der Waals surface area contributed by atoms with Gasteiger partial charge >= 0.3 is 0 Å². The SMILES string of the molecule is COCCCNC(=O)c1ccc(NCc2ccncc2)nn1. The predicted octanol–water partition coefficient (Wildman–Crippen LogP) is 1.25. The Kier molecular flexibility index (Phi) is 6.25. The van der Waals surface area contributed by atoms with Crippen LogP contribution in [0.5, 0.6) is 0 Å². The summed E-state index contributed by atoms with van der Waals surface area (Å²) in [6.45, 7) is 1.79. The number of rotatable bonds is 8. The Labute approximate surface area is 129 Å². The molecule has 2 aromatic rings. The van der Waals surface area contributed by atoms with E-state index >= 15 is 0 Å². The molecule has 0 aliphatic rings. The first-order valence-electron chi connectivity index (χ1n) is 7.03. The first kappa shape index (κ1) is 15.8. The highest BCUT2D eigenvalue weighted by Crippen LogP contribution is 2.05. The summed E-state index contributed by atoms with van der Waals surface area (Å²) in [5.74, 6) is 0.386. The third kappa shape index (κ3) is 5.10. The Morgan fingerprint density at radius 1 is 1.18 bits per heavy atom. The van der Waals surface area contributed by atoms with Gasteiger partial charge in [-0.25, -0.2) is 0 Å². The molecule has 0 aliphatic heterocycles. The van der Waals surface area contributed by atoms with E-state index in [4.69, 9.17) is 4.74 Å². The number of pyridine rings is 1. The number of hydrogen-bond donors (Lipinski definition) is 2. The Morgan fingerprint density at radius 3 is 2.68 bits per heavy atom. The molecule has 0 saturated carbocycles. The zero-order valence-electron chi connectivity index (χ0n) is 12.5. The van der Waals surface area contributed by atoms with Crippen molar-refractivity contribution in [1.82, 2.24) is 20.5 Å². The molecule has 7 nitrogen and oxygen atoms in total. The number of nitrogens with one attached hydrogen (secondary N) is 2. The Balaban J connectivity index is 1.81. The number of amides is 1. The van der Waals surface area contributed by atoms with E-state index in [1.165, 1.54) is 0 Å². The number of nitrogens with zero attached hydrogens (tertiary/aromatic N) is 3. The topological polar surface area (TPSA) is 89.0 Å². The van der Waals surface area contributed by atoms with Gasteiger partial charge in [0, 0.05) is 39.2 Å². The second kappa shape index (κ2) is 8.68. The number of carbonyl (C=O) groups excluding carboxylic acids is 1. The molecule has 1 amide bonds. The van der Waals surface area contributed by atoms with Crippen LogP contribution in [0.15, 0.2) is 36.7 Å². The molecule has 0 bridgehead atoms. The zero-order valence-corrected chi connectivity index (χ0v) is 12.5. The highest BCUT2D eigenvalue weighted by atomic mass is 16.5. The van der Waals surface area contributed by atoms with Gasteiger partial charge in [0.25, 0.3) is 5.91 Å². The lowest BCUT2D eigenvalue weighted by Gasteiger charge is -2.06. The quantitative estimate of drug-likeness (QED) is 0.713. The Hall–Kier alpha value is -2.54. The van der Waals surface area contributed by atoms with Crippen LogP contribution in [0.3, 0.4) is 0 Å². The van der Waals surface area contributed by atoms with Crippen molar-refractivity contribution in [2.24, 2.45) is 0 Å². The molecule has 0 spiro atoms. The fraction of sp³-hybridized carbons (Fsp3) is 0.333. The molecular formula is C15H19N5O2. The van der Waals surface area contributed by atoms with Crippen LogP contribution in [0, 0.1) is 0 Å². The van der Waals surface area contributed by atoms with E-state index in [1.807, 2.05) is 12.1 Å². The van der Waals surface area contributed by atoms with Gasteiger partial charge in [0.1, 0.15) is 5.82 Å². The minimum absolute atomic E-state index is 0.232. The molecule has 0 aromatic carbocycles. The second-order valence-corrected chi connectivity index (χ2v) is 4.62. The van der Waals surface area contributed by atoms with Crippen molar-refractivity contribution in [3.63, 3.8) is 0 Å². The van der Waals surface area contributed by atoms with Gasteiger partial charge in [-0.2, -0.15) is 0 Å². The largest absolute Gasteiger partial charge is 0.385 e. The molecule has 0 fully saturated rings. The molecule has 0 saturated heterocycles. The third-order valence-corrected chi connectivity index (χ3v) is 2.93. The van der Waals surface area contributed by atoms with E-state index in [-0.39, 0.29) is 5.91 Å².